The summed E-state index contributed by atoms with van der Waals surface area (Å²) in [5, 5.41) is 3.04. The van der Waals surface area contributed by atoms with Crippen molar-refractivity contribution in [3.05, 3.63) is 36.5 Å². The van der Waals surface area contributed by atoms with Crippen molar-refractivity contribution in [3.8, 4) is 0 Å². The van der Waals surface area contributed by atoms with Gasteiger partial charge in [-0.3, -0.25) is 18.6 Å². The number of nitrogens with zero attached hydrogens (tertiary/aromatic N) is 1. The Bertz CT molecular complexity index is 1220. The van der Waals surface area contributed by atoms with Crippen LogP contribution >= 0.6 is 7.82 Å². The lowest BCUT2D eigenvalue weighted by atomic mass is 10.0. The Hall–Kier alpha value is -1.77. The van der Waals surface area contributed by atoms with Crippen molar-refractivity contribution in [2.45, 2.75) is 264 Å². The summed E-state index contributed by atoms with van der Waals surface area (Å²) in [5.74, 6) is -0.513. The number of phosphoric ester groups is 1. The summed E-state index contributed by atoms with van der Waals surface area (Å²) in [7, 11) is 1.49. The molecule has 65 heavy (non-hydrogen) atoms. The smallest absolute Gasteiger partial charge is 0.456 e. The molecule has 2 N–H and O–H groups in total. The van der Waals surface area contributed by atoms with Gasteiger partial charge in [-0.05, 0) is 57.4 Å². The summed E-state index contributed by atoms with van der Waals surface area (Å²) < 4.78 is 30.5. The molecule has 0 fully saturated rings. The summed E-state index contributed by atoms with van der Waals surface area (Å²) in [6.45, 7) is 6.97. The first-order valence-corrected chi connectivity index (χ1v) is 28.8. The molecule has 0 radical (unpaired) electrons. The number of unbranched alkanes of at least 4 members (excludes halogenated alkanes) is 30. The number of allylic oxidation sites excluding steroid dienone is 5. The zero-order valence-corrected chi connectivity index (χ0v) is 44.4. The molecule has 3 atom stereocenters. The number of nitrogens with one attached hydrogen (secondary N) is 1. The zero-order valence-electron chi connectivity index (χ0n) is 43.5. The number of phosphoric acid groups is 1. The molecule has 0 bridgehead atoms. The van der Waals surface area contributed by atoms with Crippen molar-refractivity contribution < 1.29 is 37.3 Å². The van der Waals surface area contributed by atoms with Crippen LogP contribution in [0, 0.1) is 0 Å². The summed E-state index contributed by atoms with van der Waals surface area (Å²) in [4.78, 5) is 37.4. The maximum Gasteiger partial charge on any atom is 0.472 e. The third-order valence-corrected chi connectivity index (χ3v) is 13.1. The topological polar surface area (TPSA) is 111 Å². The van der Waals surface area contributed by atoms with Crippen LogP contribution in [0.25, 0.3) is 0 Å². The van der Waals surface area contributed by atoms with E-state index in [4.69, 9.17) is 13.8 Å². The average Bonchev–Trinajstić information content (AvgIpc) is 3.26. The number of amides is 1. The van der Waals surface area contributed by atoms with E-state index in [0.29, 0.717) is 17.4 Å². The third-order valence-electron chi connectivity index (χ3n) is 12.1. The van der Waals surface area contributed by atoms with E-state index in [1.807, 2.05) is 33.3 Å². The van der Waals surface area contributed by atoms with Crippen LogP contribution in [0.1, 0.15) is 252 Å². The zero-order chi connectivity index (χ0) is 48.0. The van der Waals surface area contributed by atoms with Gasteiger partial charge in [0.2, 0.25) is 5.91 Å². The standard InChI is InChI=1S/C55H105N2O7P/c1-7-10-13-16-19-22-25-27-28-30-33-36-39-42-45-48-55(59)64-53(46-43-40-37-34-32-29-26-23-20-17-14-11-8-2)52(51-63-65(60,61)62-50-49-57(4,5)6)56-54(58)47-44-41-38-35-31-24-21-18-15-12-9-3/h19,22,25,27,43,46,52-53H,7-18,20-21,23-24,26,28-42,44-45,47-51H2,1-6H3,(H-,56,58,60,61)/p+1/b22-19+,27-25+,46-43+. The van der Waals surface area contributed by atoms with Crippen molar-refractivity contribution in [2.24, 2.45) is 0 Å². The number of hydrogen-bond acceptors (Lipinski definition) is 6. The second kappa shape index (κ2) is 46.0. The lowest BCUT2D eigenvalue weighted by molar-refractivity contribution is -0.870. The molecule has 1 amide bonds. The molecule has 0 spiro atoms. The first-order valence-electron chi connectivity index (χ1n) is 27.3. The summed E-state index contributed by atoms with van der Waals surface area (Å²) in [6, 6.07) is -0.846. The second-order valence-corrected chi connectivity index (χ2v) is 21.2. The first-order chi connectivity index (χ1) is 31.4. The molecule has 0 saturated carbocycles. The van der Waals surface area contributed by atoms with Gasteiger partial charge >= 0.3 is 13.8 Å². The molecule has 0 heterocycles. The van der Waals surface area contributed by atoms with Crippen LogP contribution < -0.4 is 5.32 Å². The normalized spacial score (nSPS) is 14.1. The Morgan fingerprint density at radius 2 is 0.923 bits per heavy atom. The van der Waals surface area contributed by atoms with Crippen LogP contribution in [0.4, 0.5) is 0 Å². The predicted molar refractivity (Wildman–Crippen MR) is 277 cm³/mol. The molecule has 0 aliphatic rings. The molecule has 0 aromatic carbocycles. The van der Waals surface area contributed by atoms with E-state index in [2.05, 4.69) is 50.4 Å². The Morgan fingerprint density at radius 3 is 1.38 bits per heavy atom. The van der Waals surface area contributed by atoms with Crippen LogP contribution in [0.15, 0.2) is 36.5 Å². The number of ether oxygens (including phenoxy) is 1. The van der Waals surface area contributed by atoms with Gasteiger partial charge in [0.25, 0.3) is 0 Å². The summed E-state index contributed by atoms with van der Waals surface area (Å²) in [5.41, 5.74) is 0. The second-order valence-electron chi connectivity index (χ2n) is 19.8. The molecule has 0 aliphatic heterocycles. The largest absolute Gasteiger partial charge is 0.472 e. The number of esters is 1. The SMILES string of the molecule is CCCCC/C=C/C=C/CCCCCCCCC(=O)OC(/C=C/CCCCCCCCCCCCC)C(COP(=O)(O)OCC[N+](C)(C)C)NC(=O)CCCCCCCCCCCCC. The minimum atomic E-state index is -4.44. The van der Waals surface area contributed by atoms with Gasteiger partial charge in [-0.1, -0.05) is 218 Å². The van der Waals surface area contributed by atoms with Crippen molar-refractivity contribution in [2.75, 3.05) is 40.9 Å². The van der Waals surface area contributed by atoms with Crippen molar-refractivity contribution in [1.82, 2.24) is 5.32 Å². The molecular weight excluding hydrogens is 832 g/mol. The molecule has 9 nitrogen and oxygen atoms in total. The van der Waals surface area contributed by atoms with Crippen LogP contribution in [0.3, 0.4) is 0 Å². The highest BCUT2D eigenvalue weighted by Gasteiger charge is 2.30. The molecule has 0 aromatic rings. The van der Waals surface area contributed by atoms with E-state index in [1.54, 1.807) is 0 Å². The molecule has 3 unspecified atom stereocenters. The number of likely N-dealkylation sites (N-methyl/N-ethyl adjacent to an activating group) is 1. The highest BCUT2D eigenvalue weighted by molar-refractivity contribution is 7.47. The van der Waals surface area contributed by atoms with E-state index < -0.39 is 20.0 Å². The molecule has 0 aliphatic carbocycles. The van der Waals surface area contributed by atoms with Crippen LogP contribution in [0.2, 0.25) is 0 Å². The number of hydrogen-bond donors (Lipinski definition) is 2. The van der Waals surface area contributed by atoms with E-state index in [-0.39, 0.29) is 31.5 Å². The van der Waals surface area contributed by atoms with Gasteiger partial charge in [-0.2, -0.15) is 0 Å². The molecule has 10 heteroatoms. The van der Waals surface area contributed by atoms with Gasteiger partial charge in [0.05, 0.1) is 33.8 Å². The number of quaternary nitrogens is 1. The van der Waals surface area contributed by atoms with Crippen molar-refractivity contribution >= 4 is 19.7 Å². The molecule has 382 valence electrons. The minimum Gasteiger partial charge on any atom is -0.456 e. The Morgan fingerprint density at radius 1 is 0.538 bits per heavy atom. The third kappa shape index (κ3) is 47.1. The van der Waals surface area contributed by atoms with Gasteiger partial charge in [0.15, 0.2) is 0 Å². The lowest BCUT2D eigenvalue weighted by Gasteiger charge is -2.27. The minimum absolute atomic E-state index is 0.0400. The fourth-order valence-electron chi connectivity index (χ4n) is 7.81. The van der Waals surface area contributed by atoms with Gasteiger partial charge < -0.3 is 19.4 Å². The maximum absolute atomic E-state index is 13.4. The van der Waals surface area contributed by atoms with E-state index in [9.17, 15) is 19.0 Å². The van der Waals surface area contributed by atoms with E-state index >= 15 is 0 Å². The van der Waals surface area contributed by atoms with E-state index in [1.165, 1.54) is 141 Å². The van der Waals surface area contributed by atoms with Gasteiger partial charge in [-0.25, -0.2) is 4.57 Å². The van der Waals surface area contributed by atoms with Gasteiger partial charge in [-0.15, -0.1) is 0 Å². The van der Waals surface area contributed by atoms with Crippen LogP contribution in [-0.2, 0) is 27.9 Å². The van der Waals surface area contributed by atoms with Crippen molar-refractivity contribution in [1.29, 1.82) is 0 Å². The number of rotatable bonds is 49. The Balaban J connectivity index is 5.42. The Labute approximate surface area is 402 Å². The van der Waals surface area contributed by atoms with Gasteiger partial charge in [0, 0.05) is 12.8 Å². The summed E-state index contributed by atoms with van der Waals surface area (Å²) in [6.07, 6.45) is 52.7. The monoisotopic (exact) mass is 938 g/mol. The van der Waals surface area contributed by atoms with Crippen LogP contribution in [0.5, 0.6) is 0 Å². The molecular formula is C55H106N2O7P+. The number of carbonyl (C=O) groups excluding carboxylic acids is 2. The van der Waals surface area contributed by atoms with Crippen LogP contribution in [-0.4, -0.2) is 74.3 Å². The lowest BCUT2D eigenvalue weighted by Crippen LogP contribution is -2.47. The summed E-state index contributed by atoms with van der Waals surface area (Å²) >= 11 is 0. The highest BCUT2D eigenvalue weighted by atomic mass is 31.2. The molecule has 0 aromatic heterocycles. The molecule has 0 saturated heterocycles. The average molecular weight is 938 g/mol. The first kappa shape index (κ1) is 63.2. The number of carbonyl (C=O) groups is 2. The fraction of sp³-hybridized carbons (Fsp3) is 0.855. The van der Waals surface area contributed by atoms with Crippen molar-refractivity contribution in [3.63, 3.8) is 0 Å². The maximum atomic E-state index is 13.4. The Kier molecular flexibility index (Phi) is 44.7. The van der Waals surface area contributed by atoms with E-state index in [0.717, 1.165) is 77.0 Å². The quantitative estimate of drug-likeness (QED) is 0.0156. The predicted octanol–water partition coefficient (Wildman–Crippen LogP) is 16.0. The van der Waals surface area contributed by atoms with Gasteiger partial charge in [0.1, 0.15) is 19.3 Å². The molecule has 0 rings (SSSR count). The highest BCUT2D eigenvalue weighted by Crippen LogP contribution is 2.43. The fourth-order valence-corrected chi connectivity index (χ4v) is 8.55.